The highest BCUT2D eigenvalue weighted by Gasteiger charge is 2.08. The maximum atomic E-state index is 5.74. The molecule has 19 heavy (non-hydrogen) atoms. The second-order valence-electron chi connectivity index (χ2n) is 4.10. The lowest BCUT2D eigenvalue weighted by atomic mass is 10.4. The van der Waals surface area contributed by atoms with Crippen molar-refractivity contribution in [2.75, 3.05) is 11.1 Å². The molecule has 7 nitrogen and oxygen atoms in total. The first-order valence-electron chi connectivity index (χ1n) is 6.03. The van der Waals surface area contributed by atoms with Crippen molar-refractivity contribution < 1.29 is 4.42 Å². The van der Waals surface area contributed by atoms with Crippen molar-refractivity contribution in [3.8, 4) is 0 Å². The molecule has 98 valence electrons. The molecule has 3 aromatic rings. The highest BCUT2D eigenvalue weighted by Crippen LogP contribution is 2.15. The van der Waals surface area contributed by atoms with Gasteiger partial charge in [-0.05, 0) is 0 Å². The quantitative estimate of drug-likeness (QED) is 0.736. The summed E-state index contributed by atoms with van der Waals surface area (Å²) in [6, 6.07) is 0. The maximum absolute atomic E-state index is 5.74. The molecule has 0 bridgehead atoms. The van der Waals surface area contributed by atoms with Crippen LogP contribution in [-0.4, -0.2) is 19.4 Å². The summed E-state index contributed by atoms with van der Waals surface area (Å²) in [6.45, 7) is 2.46. The molecule has 3 rings (SSSR count). The van der Waals surface area contributed by atoms with Crippen molar-refractivity contribution in [3.05, 3.63) is 36.4 Å². The molecule has 0 aliphatic carbocycles. The van der Waals surface area contributed by atoms with Gasteiger partial charge in [0.2, 0.25) is 5.89 Å². The maximum Gasteiger partial charge on any atom is 0.213 e. The topological polar surface area (TPSA) is 94.3 Å². The van der Waals surface area contributed by atoms with Crippen LogP contribution in [0.2, 0.25) is 0 Å². The number of nitrogen functional groups attached to an aromatic ring is 1. The fourth-order valence-electron chi connectivity index (χ4n) is 1.82. The van der Waals surface area contributed by atoms with Crippen LogP contribution in [0.5, 0.6) is 0 Å². The molecule has 0 unspecified atom stereocenters. The Morgan fingerprint density at radius 1 is 1.42 bits per heavy atom. The van der Waals surface area contributed by atoms with E-state index in [4.69, 9.17) is 10.2 Å². The fourth-order valence-corrected chi connectivity index (χ4v) is 1.82. The zero-order chi connectivity index (χ0) is 13.2. The van der Waals surface area contributed by atoms with E-state index in [2.05, 4.69) is 20.3 Å². The zero-order valence-electron chi connectivity index (χ0n) is 10.5. The number of oxazole rings is 1. The van der Waals surface area contributed by atoms with E-state index in [-0.39, 0.29) is 0 Å². The molecule has 0 fully saturated rings. The van der Waals surface area contributed by atoms with E-state index in [0.29, 0.717) is 24.1 Å². The van der Waals surface area contributed by atoms with Crippen LogP contribution < -0.4 is 11.1 Å². The van der Waals surface area contributed by atoms with Crippen LogP contribution in [0.1, 0.15) is 18.6 Å². The molecule has 0 aliphatic heterocycles. The third-order valence-electron chi connectivity index (χ3n) is 2.75. The number of hydrogen-bond acceptors (Lipinski definition) is 6. The van der Waals surface area contributed by atoms with Gasteiger partial charge < -0.3 is 19.9 Å². The Hall–Kier alpha value is -2.57. The first-order chi connectivity index (χ1) is 9.26. The molecule has 0 saturated heterocycles. The van der Waals surface area contributed by atoms with Crippen molar-refractivity contribution >= 4 is 17.3 Å². The number of hydrogen-bond donors (Lipinski definition) is 2. The number of rotatable bonds is 4. The van der Waals surface area contributed by atoms with Crippen molar-refractivity contribution in [1.29, 1.82) is 0 Å². The molecule has 0 aliphatic rings. The molecular formula is C12H14N6O. The molecular weight excluding hydrogens is 244 g/mol. The summed E-state index contributed by atoms with van der Waals surface area (Å²) in [5.41, 5.74) is 6.46. The minimum atomic E-state index is 0.426. The third-order valence-corrected chi connectivity index (χ3v) is 2.75. The number of fused-ring (bicyclic) bond motifs is 1. The van der Waals surface area contributed by atoms with Crippen LogP contribution in [0.25, 0.3) is 5.65 Å². The molecule has 0 spiro atoms. The van der Waals surface area contributed by atoms with E-state index in [0.717, 1.165) is 17.8 Å². The number of imidazole rings is 1. The van der Waals surface area contributed by atoms with E-state index in [1.54, 1.807) is 18.6 Å². The first kappa shape index (κ1) is 11.5. The Labute approximate surface area is 109 Å². The second-order valence-corrected chi connectivity index (χ2v) is 4.10. The number of aromatic nitrogens is 4. The van der Waals surface area contributed by atoms with E-state index in [1.165, 1.54) is 0 Å². The Balaban J connectivity index is 1.83. The predicted molar refractivity (Wildman–Crippen MR) is 70.6 cm³/mol. The monoisotopic (exact) mass is 258 g/mol. The minimum absolute atomic E-state index is 0.426. The lowest BCUT2D eigenvalue weighted by Crippen LogP contribution is -2.06. The minimum Gasteiger partial charge on any atom is -0.444 e. The molecule has 3 aromatic heterocycles. The molecule has 0 atom stereocenters. The van der Waals surface area contributed by atoms with Crippen LogP contribution in [0, 0.1) is 0 Å². The summed E-state index contributed by atoms with van der Waals surface area (Å²) in [5, 5.41) is 3.14. The summed E-state index contributed by atoms with van der Waals surface area (Å²) < 4.78 is 7.34. The van der Waals surface area contributed by atoms with Gasteiger partial charge in [-0.3, -0.25) is 0 Å². The number of aryl methyl sites for hydroxylation is 1. The Bertz CT molecular complexity index is 701. The van der Waals surface area contributed by atoms with E-state index < -0.39 is 0 Å². The Kier molecular flexibility index (Phi) is 2.79. The van der Waals surface area contributed by atoms with Gasteiger partial charge in [-0.1, -0.05) is 6.92 Å². The molecule has 0 saturated carbocycles. The van der Waals surface area contributed by atoms with Gasteiger partial charge in [0.1, 0.15) is 11.6 Å². The van der Waals surface area contributed by atoms with Crippen LogP contribution in [-0.2, 0) is 13.0 Å². The van der Waals surface area contributed by atoms with Gasteiger partial charge in [0.25, 0.3) is 0 Å². The van der Waals surface area contributed by atoms with Gasteiger partial charge in [0.05, 0.1) is 18.9 Å². The summed E-state index contributed by atoms with van der Waals surface area (Å²) in [7, 11) is 0. The van der Waals surface area contributed by atoms with Crippen molar-refractivity contribution in [1.82, 2.24) is 19.4 Å². The Morgan fingerprint density at radius 2 is 2.32 bits per heavy atom. The van der Waals surface area contributed by atoms with Crippen molar-refractivity contribution in [2.45, 2.75) is 19.9 Å². The average molecular weight is 258 g/mol. The van der Waals surface area contributed by atoms with Gasteiger partial charge >= 0.3 is 0 Å². The van der Waals surface area contributed by atoms with Gasteiger partial charge in [0.15, 0.2) is 11.5 Å². The SMILES string of the molecule is CCc1cnc(CNc2nc(N)cn3ccnc23)o1. The highest BCUT2D eigenvalue weighted by atomic mass is 16.4. The molecule has 0 aromatic carbocycles. The van der Waals surface area contributed by atoms with Gasteiger partial charge in [0, 0.05) is 18.8 Å². The van der Waals surface area contributed by atoms with Crippen LogP contribution >= 0.6 is 0 Å². The fraction of sp³-hybridized carbons (Fsp3) is 0.250. The standard InChI is InChI=1S/C12H14N6O/c1-2-8-5-15-10(19-8)6-16-11-12-14-3-4-18(12)7-9(13)17-11/h3-5,7H,2,6,13H2,1H3,(H,16,17). The largest absolute Gasteiger partial charge is 0.444 e. The van der Waals surface area contributed by atoms with E-state index >= 15 is 0 Å². The zero-order valence-corrected chi connectivity index (χ0v) is 10.5. The smallest absolute Gasteiger partial charge is 0.213 e. The lowest BCUT2D eigenvalue weighted by molar-refractivity contribution is 0.465. The normalized spacial score (nSPS) is 11.0. The molecule has 0 radical (unpaired) electrons. The summed E-state index contributed by atoms with van der Waals surface area (Å²) in [6.07, 6.45) is 7.79. The highest BCUT2D eigenvalue weighted by molar-refractivity contribution is 5.64. The van der Waals surface area contributed by atoms with Crippen LogP contribution in [0.4, 0.5) is 11.6 Å². The average Bonchev–Trinajstić information content (AvgIpc) is 3.03. The number of nitrogens with two attached hydrogens (primary N) is 1. The summed E-state index contributed by atoms with van der Waals surface area (Å²) in [5.74, 6) is 2.52. The first-order valence-corrected chi connectivity index (χ1v) is 6.03. The number of anilines is 2. The predicted octanol–water partition coefficient (Wildman–Crippen LogP) is 1.47. The molecule has 3 N–H and O–H groups in total. The van der Waals surface area contributed by atoms with Crippen LogP contribution in [0.15, 0.2) is 29.2 Å². The summed E-state index contributed by atoms with van der Waals surface area (Å²) >= 11 is 0. The summed E-state index contributed by atoms with van der Waals surface area (Å²) in [4.78, 5) is 12.6. The number of nitrogens with one attached hydrogen (secondary N) is 1. The van der Waals surface area contributed by atoms with E-state index in [1.807, 2.05) is 17.5 Å². The lowest BCUT2D eigenvalue weighted by Gasteiger charge is -2.05. The van der Waals surface area contributed by atoms with Crippen molar-refractivity contribution in [3.63, 3.8) is 0 Å². The van der Waals surface area contributed by atoms with Gasteiger partial charge in [-0.15, -0.1) is 0 Å². The van der Waals surface area contributed by atoms with E-state index in [9.17, 15) is 0 Å². The van der Waals surface area contributed by atoms with Crippen molar-refractivity contribution in [2.24, 2.45) is 0 Å². The van der Waals surface area contributed by atoms with Gasteiger partial charge in [-0.25, -0.2) is 15.0 Å². The third kappa shape index (κ3) is 2.22. The molecule has 7 heteroatoms. The van der Waals surface area contributed by atoms with Crippen LogP contribution in [0.3, 0.4) is 0 Å². The second kappa shape index (κ2) is 4.60. The number of nitrogens with zero attached hydrogens (tertiary/aromatic N) is 4. The Morgan fingerprint density at radius 3 is 3.11 bits per heavy atom. The molecule has 0 amide bonds. The van der Waals surface area contributed by atoms with Gasteiger partial charge in [-0.2, -0.15) is 0 Å². The molecule has 3 heterocycles.